The number of nitrogen functional groups attached to an aromatic ring is 1. The van der Waals surface area contributed by atoms with Crippen LogP contribution in [-0.2, 0) is 6.54 Å². The van der Waals surface area contributed by atoms with E-state index in [2.05, 4.69) is 19.9 Å². The summed E-state index contributed by atoms with van der Waals surface area (Å²) < 4.78 is 10.8. The number of anilines is 2. The Morgan fingerprint density at radius 3 is 2.62 bits per heavy atom. The van der Waals surface area contributed by atoms with Gasteiger partial charge in [0.2, 0.25) is 18.7 Å². The molecule has 1 aromatic carbocycles. The molecule has 2 heterocycles. The van der Waals surface area contributed by atoms with Crippen LogP contribution in [0.2, 0.25) is 0 Å². The van der Waals surface area contributed by atoms with E-state index in [1.807, 2.05) is 51.2 Å². The molecule has 0 spiro atoms. The van der Waals surface area contributed by atoms with Crippen molar-refractivity contribution in [2.45, 2.75) is 19.5 Å². The number of rotatable bonds is 5. The molecule has 0 saturated heterocycles. The highest BCUT2D eigenvalue weighted by atomic mass is 16.7. The number of hydrogen-bond donors (Lipinski definition) is 1. The van der Waals surface area contributed by atoms with Crippen molar-refractivity contribution in [2.24, 2.45) is 0 Å². The average molecular weight is 330 g/mol. The third-order valence-corrected chi connectivity index (χ3v) is 3.96. The van der Waals surface area contributed by atoms with Crippen LogP contribution in [0.15, 0.2) is 18.2 Å². The zero-order chi connectivity index (χ0) is 17.3. The topological polar surface area (TPSA) is 89.6 Å². The summed E-state index contributed by atoms with van der Waals surface area (Å²) in [4.78, 5) is 16.9. The van der Waals surface area contributed by atoms with Crippen molar-refractivity contribution in [1.82, 2.24) is 19.9 Å². The standard InChI is InChI=1S/C16H22N6O2/c1-10(14-18-15(17)20-16(19-14)21(2)3)22(4)8-11-5-6-12-13(7-11)24-9-23-12/h5-7,10H,8-9H2,1-4H3,(H2,17,18,19,20). The first-order valence-electron chi connectivity index (χ1n) is 7.71. The lowest BCUT2D eigenvalue weighted by atomic mass is 10.1. The van der Waals surface area contributed by atoms with Crippen molar-refractivity contribution < 1.29 is 9.47 Å². The maximum absolute atomic E-state index is 5.81. The van der Waals surface area contributed by atoms with Crippen LogP contribution in [0, 0.1) is 0 Å². The van der Waals surface area contributed by atoms with Crippen LogP contribution in [0.4, 0.5) is 11.9 Å². The Hall–Kier alpha value is -2.61. The Bertz CT molecular complexity index is 737. The van der Waals surface area contributed by atoms with Crippen LogP contribution in [0.25, 0.3) is 0 Å². The van der Waals surface area contributed by atoms with Crippen LogP contribution in [0.5, 0.6) is 11.5 Å². The highest BCUT2D eigenvalue weighted by molar-refractivity contribution is 5.44. The number of nitrogens with two attached hydrogens (primary N) is 1. The molecule has 1 aliphatic heterocycles. The highest BCUT2D eigenvalue weighted by Crippen LogP contribution is 2.33. The maximum Gasteiger partial charge on any atom is 0.231 e. The lowest BCUT2D eigenvalue weighted by Gasteiger charge is -2.24. The molecule has 1 unspecified atom stereocenters. The van der Waals surface area contributed by atoms with E-state index < -0.39 is 0 Å². The lowest BCUT2D eigenvalue weighted by Crippen LogP contribution is -2.25. The molecule has 8 nitrogen and oxygen atoms in total. The van der Waals surface area contributed by atoms with Gasteiger partial charge in [-0.15, -0.1) is 0 Å². The Balaban J connectivity index is 1.76. The fraction of sp³-hybridized carbons (Fsp3) is 0.438. The van der Waals surface area contributed by atoms with Gasteiger partial charge in [-0.1, -0.05) is 6.07 Å². The van der Waals surface area contributed by atoms with E-state index in [0.29, 0.717) is 11.8 Å². The Morgan fingerprint density at radius 1 is 1.12 bits per heavy atom. The number of nitrogens with zero attached hydrogens (tertiary/aromatic N) is 5. The van der Waals surface area contributed by atoms with Gasteiger partial charge in [-0.3, -0.25) is 4.90 Å². The summed E-state index contributed by atoms with van der Waals surface area (Å²) in [6.07, 6.45) is 0. The third-order valence-electron chi connectivity index (χ3n) is 3.96. The van der Waals surface area contributed by atoms with Crippen molar-refractivity contribution in [3.8, 4) is 11.5 Å². The zero-order valence-corrected chi connectivity index (χ0v) is 14.4. The maximum atomic E-state index is 5.81. The summed E-state index contributed by atoms with van der Waals surface area (Å²) in [5, 5.41) is 0. The lowest BCUT2D eigenvalue weighted by molar-refractivity contribution is 0.174. The first-order chi connectivity index (χ1) is 11.4. The minimum atomic E-state index is -0.0144. The Morgan fingerprint density at radius 2 is 1.88 bits per heavy atom. The van der Waals surface area contributed by atoms with Crippen molar-refractivity contribution >= 4 is 11.9 Å². The second kappa shape index (κ2) is 6.48. The third kappa shape index (κ3) is 3.33. The van der Waals surface area contributed by atoms with Crippen LogP contribution in [0.3, 0.4) is 0 Å². The molecule has 0 bridgehead atoms. The molecule has 0 saturated carbocycles. The summed E-state index contributed by atoms with van der Waals surface area (Å²) in [7, 11) is 5.77. The summed E-state index contributed by atoms with van der Waals surface area (Å²) in [6, 6.07) is 5.95. The largest absolute Gasteiger partial charge is 0.454 e. The van der Waals surface area contributed by atoms with Gasteiger partial charge in [-0.05, 0) is 31.7 Å². The van der Waals surface area contributed by atoms with E-state index in [4.69, 9.17) is 15.2 Å². The molecule has 2 aromatic rings. The summed E-state index contributed by atoms with van der Waals surface area (Å²) in [5.74, 6) is 3.01. The van der Waals surface area contributed by atoms with Crippen molar-refractivity contribution in [3.63, 3.8) is 0 Å². The predicted octanol–water partition coefficient (Wildman–Crippen LogP) is 1.44. The van der Waals surface area contributed by atoms with Gasteiger partial charge in [0.25, 0.3) is 0 Å². The number of benzene rings is 1. The molecule has 1 aromatic heterocycles. The zero-order valence-electron chi connectivity index (χ0n) is 14.4. The van der Waals surface area contributed by atoms with Gasteiger partial charge in [0.15, 0.2) is 17.3 Å². The summed E-state index contributed by atoms with van der Waals surface area (Å²) in [6.45, 7) is 3.05. The number of ether oxygens (including phenoxy) is 2. The van der Waals surface area contributed by atoms with Gasteiger partial charge in [0, 0.05) is 20.6 Å². The van der Waals surface area contributed by atoms with Crippen molar-refractivity contribution in [2.75, 3.05) is 38.6 Å². The van der Waals surface area contributed by atoms with Gasteiger partial charge < -0.3 is 20.1 Å². The number of aromatic nitrogens is 3. The van der Waals surface area contributed by atoms with Gasteiger partial charge in [0.05, 0.1) is 6.04 Å². The van der Waals surface area contributed by atoms with E-state index in [1.165, 1.54) is 0 Å². The van der Waals surface area contributed by atoms with Crippen LogP contribution in [0.1, 0.15) is 24.4 Å². The van der Waals surface area contributed by atoms with Crippen molar-refractivity contribution in [1.29, 1.82) is 0 Å². The molecule has 0 radical (unpaired) electrons. The second-order valence-corrected chi connectivity index (χ2v) is 6.02. The minimum Gasteiger partial charge on any atom is -0.454 e. The van der Waals surface area contributed by atoms with E-state index in [1.54, 1.807) is 0 Å². The van der Waals surface area contributed by atoms with E-state index >= 15 is 0 Å². The van der Waals surface area contributed by atoms with Gasteiger partial charge in [-0.2, -0.15) is 15.0 Å². The molecule has 2 N–H and O–H groups in total. The minimum absolute atomic E-state index is 0.0144. The fourth-order valence-electron chi connectivity index (χ4n) is 2.45. The van der Waals surface area contributed by atoms with E-state index in [-0.39, 0.29) is 18.8 Å². The molecule has 0 aliphatic carbocycles. The smallest absolute Gasteiger partial charge is 0.231 e. The SMILES string of the molecule is CC(c1nc(N)nc(N(C)C)n1)N(C)Cc1ccc2c(c1)OCO2. The molecule has 1 atom stereocenters. The molecule has 0 fully saturated rings. The van der Waals surface area contributed by atoms with E-state index in [9.17, 15) is 0 Å². The molecule has 128 valence electrons. The van der Waals surface area contributed by atoms with Gasteiger partial charge >= 0.3 is 0 Å². The monoisotopic (exact) mass is 330 g/mol. The van der Waals surface area contributed by atoms with Crippen LogP contribution in [-0.4, -0.2) is 47.8 Å². The van der Waals surface area contributed by atoms with E-state index in [0.717, 1.165) is 23.6 Å². The Labute approximate surface area is 141 Å². The molecule has 0 amide bonds. The Kier molecular flexibility index (Phi) is 4.39. The van der Waals surface area contributed by atoms with Crippen LogP contribution >= 0.6 is 0 Å². The highest BCUT2D eigenvalue weighted by Gasteiger charge is 2.19. The predicted molar refractivity (Wildman–Crippen MR) is 91.0 cm³/mol. The molecular weight excluding hydrogens is 308 g/mol. The van der Waals surface area contributed by atoms with Gasteiger partial charge in [0.1, 0.15) is 0 Å². The quantitative estimate of drug-likeness (QED) is 0.881. The first-order valence-corrected chi connectivity index (χ1v) is 7.71. The first kappa shape index (κ1) is 16.3. The molecule has 3 rings (SSSR count). The number of hydrogen-bond acceptors (Lipinski definition) is 8. The normalized spacial score (nSPS) is 14.0. The molecule has 8 heteroatoms. The van der Waals surface area contributed by atoms with Gasteiger partial charge in [-0.25, -0.2) is 0 Å². The second-order valence-electron chi connectivity index (χ2n) is 6.02. The van der Waals surface area contributed by atoms with Crippen LogP contribution < -0.4 is 20.1 Å². The molecular formula is C16H22N6O2. The molecule has 1 aliphatic rings. The fourth-order valence-corrected chi connectivity index (χ4v) is 2.45. The average Bonchev–Trinajstić information content (AvgIpc) is 3.01. The molecule has 24 heavy (non-hydrogen) atoms. The van der Waals surface area contributed by atoms with Crippen molar-refractivity contribution in [3.05, 3.63) is 29.6 Å². The number of fused-ring (bicyclic) bond motifs is 1. The summed E-state index contributed by atoms with van der Waals surface area (Å²) in [5.41, 5.74) is 6.94. The summed E-state index contributed by atoms with van der Waals surface area (Å²) >= 11 is 0.